The summed E-state index contributed by atoms with van der Waals surface area (Å²) < 4.78 is 0. The zero-order chi connectivity index (χ0) is 17.5. The van der Waals surface area contributed by atoms with Crippen LogP contribution in [-0.4, -0.2) is 10.9 Å². The Balaban J connectivity index is 2.10. The molecule has 2 heteroatoms. The highest BCUT2D eigenvalue weighted by Crippen LogP contribution is 2.34. The van der Waals surface area contributed by atoms with Crippen LogP contribution in [-0.2, 0) is 5.41 Å². The molecule has 0 spiro atoms. The minimum atomic E-state index is -0.228. The SMILES string of the molecule is Cc1cc(C(=O)c2ccc3ccccc3c2)cc(C(C)(C)C)c1O. The number of aryl methyl sites for hydroxylation is 1. The van der Waals surface area contributed by atoms with Crippen LogP contribution in [0.15, 0.2) is 54.6 Å². The first-order chi connectivity index (χ1) is 11.3. The fourth-order valence-corrected chi connectivity index (χ4v) is 2.98. The van der Waals surface area contributed by atoms with Crippen molar-refractivity contribution in [2.24, 2.45) is 0 Å². The highest BCUT2D eigenvalue weighted by molar-refractivity contribution is 6.11. The van der Waals surface area contributed by atoms with Gasteiger partial charge in [0.25, 0.3) is 0 Å². The number of rotatable bonds is 2. The van der Waals surface area contributed by atoms with Gasteiger partial charge >= 0.3 is 0 Å². The van der Waals surface area contributed by atoms with Crippen molar-refractivity contribution in [2.75, 3.05) is 0 Å². The molecule has 0 aliphatic rings. The molecule has 3 rings (SSSR count). The molecule has 0 heterocycles. The first-order valence-corrected chi connectivity index (χ1v) is 8.15. The average Bonchev–Trinajstić information content (AvgIpc) is 2.55. The van der Waals surface area contributed by atoms with Crippen molar-refractivity contribution in [3.8, 4) is 5.75 Å². The molecule has 0 aliphatic carbocycles. The Morgan fingerprint density at radius 3 is 2.21 bits per heavy atom. The zero-order valence-electron chi connectivity index (χ0n) is 14.6. The van der Waals surface area contributed by atoms with Crippen molar-refractivity contribution >= 4 is 16.6 Å². The van der Waals surface area contributed by atoms with Crippen molar-refractivity contribution in [2.45, 2.75) is 33.1 Å². The summed E-state index contributed by atoms with van der Waals surface area (Å²) in [6, 6.07) is 17.4. The van der Waals surface area contributed by atoms with Crippen LogP contribution in [0.3, 0.4) is 0 Å². The third-order valence-electron chi connectivity index (χ3n) is 4.38. The largest absolute Gasteiger partial charge is 0.507 e. The van der Waals surface area contributed by atoms with Crippen LogP contribution in [0.1, 0.15) is 47.8 Å². The van der Waals surface area contributed by atoms with Crippen molar-refractivity contribution in [3.63, 3.8) is 0 Å². The Bertz CT molecular complexity index is 930. The van der Waals surface area contributed by atoms with E-state index in [9.17, 15) is 9.90 Å². The number of benzene rings is 3. The molecule has 1 N–H and O–H groups in total. The lowest BCUT2D eigenvalue weighted by molar-refractivity contribution is 0.103. The highest BCUT2D eigenvalue weighted by atomic mass is 16.3. The van der Waals surface area contributed by atoms with Crippen molar-refractivity contribution in [3.05, 3.63) is 76.9 Å². The first kappa shape index (κ1) is 16.3. The summed E-state index contributed by atoms with van der Waals surface area (Å²) >= 11 is 0. The monoisotopic (exact) mass is 318 g/mol. The van der Waals surface area contributed by atoms with E-state index < -0.39 is 0 Å². The van der Waals surface area contributed by atoms with Crippen LogP contribution in [0.4, 0.5) is 0 Å². The Labute approximate surface area is 142 Å². The predicted octanol–water partition coefficient (Wildman–Crippen LogP) is 5.38. The normalized spacial score (nSPS) is 11.7. The zero-order valence-corrected chi connectivity index (χ0v) is 14.6. The van der Waals surface area contributed by atoms with Crippen molar-refractivity contribution < 1.29 is 9.90 Å². The van der Waals surface area contributed by atoms with Gasteiger partial charge in [-0.3, -0.25) is 4.79 Å². The quantitative estimate of drug-likeness (QED) is 0.644. The molecule has 3 aromatic carbocycles. The maximum Gasteiger partial charge on any atom is 0.193 e. The molecule has 122 valence electrons. The molecule has 24 heavy (non-hydrogen) atoms. The molecular formula is C22H22O2. The Kier molecular flexibility index (Phi) is 3.92. The minimum absolute atomic E-state index is 0.0191. The molecule has 3 aromatic rings. The fraction of sp³-hybridized carbons (Fsp3) is 0.227. The predicted molar refractivity (Wildman–Crippen MR) is 98.9 cm³/mol. The second-order valence-corrected chi connectivity index (χ2v) is 7.33. The summed E-state index contributed by atoms with van der Waals surface area (Å²) in [5, 5.41) is 12.5. The first-order valence-electron chi connectivity index (χ1n) is 8.15. The van der Waals surface area contributed by atoms with Gasteiger partial charge in [0.1, 0.15) is 5.75 Å². The van der Waals surface area contributed by atoms with Gasteiger partial charge in [0.15, 0.2) is 5.78 Å². The van der Waals surface area contributed by atoms with Crippen molar-refractivity contribution in [1.29, 1.82) is 0 Å². The lowest BCUT2D eigenvalue weighted by Crippen LogP contribution is -2.14. The molecule has 2 nitrogen and oxygen atoms in total. The number of fused-ring (bicyclic) bond motifs is 1. The van der Waals surface area contributed by atoms with Crippen molar-refractivity contribution in [1.82, 2.24) is 0 Å². The lowest BCUT2D eigenvalue weighted by atomic mass is 9.83. The van der Waals surface area contributed by atoms with Gasteiger partial charge in [-0.1, -0.05) is 57.2 Å². The van der Waals surface area contributed by atoms with E-state index in [4.69, 9.17) is 0 Å². The third kappa shape index (κ3) is 2.92. The van der Waals surface area contributed by atoms with Gasteiger partial charge in [0.2, 0.25) is 0 Å². The average molecular weight is 318 g/mol. The van der Waals surface area contributed by atoms with Crippen LogP contribution >= 0.6 is 0 Å². The molecule has 0 bridgehead atoms. The summed E-state index contributed by atoms with van der Waals surface area (Å²) in [5.74, 6) is 0.256. The van der Waals surface area contributed by atoms with E-state index >= 15 is 0 Å². The Morgan fingerprint density at radius 1 is 0.875 bits per heavy atom. The van der Waals surface area contributed by atoms with E-state index in [1.54, 1.807) is 6.07 Å². The fourth-order valence-electron chi connectivity index (χ4n) is 2.98. The minimum Gasteiger partial charge on any atom is -0.507 e. The lowest BCUT2D eigenvalue weighted by Gasteiger charge is -2.22. The number of phenols is 1. The van der Waals surface area contributed by atoms with E-state index in [1.807, 2.05) is 76.2 Å². The van der Waals surface area contributed by atoms with Crippen LogP contribution in [0.5, 0.6) is 5.75 Å². The second kappa shape index (κ2) is 5.79. The molecule has 0 aromatic heterocycles. The third-order valence-corrected chi connectivity index (χ3v) is 4.38. The van der Waals surface area contributed by atoms with E-state index in [0.717, 1.165) is 21.9 Å². The highest BCUT2D eigenvalue weighted by Gasteiger charge is 2.22. The summed E-state index contributed by atoms with van der Waals surface area (Å²) in [6.45, 7) is 7.94. The molecule has 0 unspecified atom stereocenters. The number of ketones is 1. The molecule has 0 saturated heterocycles. The second-order valence-electron chi connectivity index (χ2n) is 7.33. The summed E-state index contributed by atoms with van der Waals surface area (Å²) in [7, 11) is 0. The molecule has 0 fully saturated rings. The maximum absolute atomic E-state index is 13.0. The van der Waals surface area contributed by atoms with Gasteiger partial charge in [-0.25, -0.2) is 0 Å². The molecule has 0 saturated carbocycles. The van der Waals surface area contributed by atoms with Crippen LogP contribution < -0.4 is 0 Å². The van der Waals surface area contributed by atoms with Crippen LogP contribution in [0, 0.1) is 6.92 Å². The number of carbonyl (C=O) groups excluding carboxylic acids is 1. The van der Waals surface area contributed by atoms with E-state index in [1.165, 1.54) is 0 Å². The van der Waals surface area contributed by atoms with Gasteiger partial charge < -0.3 is 5.11 Å². The molecule has 0 aliphatic heterocycles. The molecular weight excluding hydrogens is 296 g/mol. The maximum atomic E-state index is 13.0. The number of phenolic OH excluding ortho intramolecular Hbond substituents is 1. The standard InChI is InChI=1S/C22H22O2/c1-14-11-18(13-19(20(14)23)22(2,3)4)21(24)17-10-9-15-7-5-6-8-16(15)12-17/h5-13,23H,1-4H3. The summed E-state index contributed by atoms with van der Waals surface area (Å²) in [4.78, 5) is 13.0. The number of hydrogen-bond donors (Lipinski definition) is 1. The molecule has 0 radical (unpaired) electrons. The van der Waals surface area contributed by atoms with E-state index in [0.29, 0.717) is 11.1 Å². The van der Waals surface area contributed by atoms with E-state index in [2.05, 4.69) is 0 Å². The molecule has 0 amide bonds. The number of hydrogen-bond acceptors (Lipinski definition) is 2. The van der Waals surface area contributed by atoms with Crippen LogP contribution in [0.25, 0.3) is 10.8 Å². The Hall–Kier alpha value is -2.61. The van der Waals surface area contributed by atoms with Gasteiger partial charge in [0.05, 0.1) is 0 Å². The van der Waals surface area contributed by atoms with E-state index in [-0.39, 0.29) is 16.9 Å². The number of carbonyl (C=O) groups is 1. The van der Waals surface area contributed by atoms with Gasteiger partial charge in [0, 0.05) is 16.7 Å². The van der Waals surface area contributed by atoms with Gasteiger partial charge in [-0.15, -0.1) is 0 Å². The number of aromatic hydroxyl groups is 1. The smallest absolute Gasteiger partial charge is 0.193 e. The van der Waals surface area contributed by atoms with Crippen LogP contribution in [0.2, 0.25) is 0 Å². The summed E-state index contributed by atoms with van der Waals surface area (Å²) in [5.41, 5.74) is 2.58. The van der Waals surface area contributed by atoms with Gasteiger partial charge in [-0.2, -0.15) is 0 Å². The topological polar surface area (TPSA) is 37.3 Å². The summed E-state index contributed by atoms with van der Waals surface area (Å²) in [6.07, 6.45) is 0. The Morgan fingerprint density at radius 2 is 1.54 bits per heavy atom. The van der Waals surface area contributed by atoms with Gasteiger partial charge in [-0.05, 0) is 46.9 Å². The molecule has 0 atom stereocenters.